The summed E-state index contributed by atoms with van der Waals surface area (Å²) in [5, 5.41) is 0. The molecule has 6 heteroatoms. The number of carbonyl (C=O) groups excluding carboxylic acids is 2. The molecule has 0 bridgehead atoms. The van der Waals surface area contributed by atoms with Crippen LogP contribution >= 0.6 is 0 Å². The third kappa shape index (κ3) is 4.01. The van der Waals surface area contributed by atoms with Crippen molar-refractivity contribution in [1.29, 1.82) is 0 Å². The maximum Gasteiger partial charge on any atom is 0.357 e. The molecule has 6 nitrogen and oxygen atoms in total. The van der Waals surface area contributed by atoms with Gasteiger partial charge in [-0.05, 0) is 17.9 Å². The molecule has 1 saturated carbocycles. The predicted molar refractivity (Wildman–Crippen MR) is 98.0 cm³/mol. The zero-order chi connectivity index (χ0) is 19.0. The van der Waals surface area contributed by atoms with Gasteiger partial charge >= 0.3 is 5.97 Å². The van der Waals surface area contributed by atoms with Crippen molar-refractivity contribution in [2.24, 2.45) is 10.4 Å². The Morgan fingerprint density at radius 3 is 2.63 bits per heavy atom. The molecule has 1 aromatic carbocycles. The Labute approximate surface area is 158 Å². The Bertz CT molecular complexity index is 811. The Hall–Kier alpha value is -2.31. The summed E-state index contributed by atoms with van der Waals surface area (Å²) in [6.45, 7) is 4.34. The minimum absolute atomic E-state index is 0.135. The Balaban J connectivity index is 1.55. The minimum atomic E-state index is -0.510. The molecule has 27 heavy (non-hydrogen) atoms. The molecule has 0 N–H and O–H groups in total. The number of rotatable bonds is 2. The van der Waals surface area contributed by atoms with E-state index in [4.69, 9.17) is 14.2 Å². The summed E-state index contributed by atoms with van der Waals surface area (Å²) in [6.07, 6.45) is 1.81. The van der Waals surface area contributed by atoms with E-state index < -0.39 is 24.5 Å². The highest BCUT2D eigenvalue weighted by Crippen LogP contribution is 2.34. The van der Waals surface area contributed by atoms with E-state index in [0.717, 1.165) is 11.3 Å². The smallest absolute Gasteiger partial charge is 0.357 e. The van der Waals surface area contributed by atoms with Crippen LogP contribution < -0.4 is 0 Å². The van der Waals surface area contributed by atoms with Crippen LogP contribution in [0.15, 0.2) is 47.1 Å². The summed E-state index contributed by atoms with van der Waals surface area (Å²) in [4.78, 5) is 28.8. The molecular formula is C21H23NO5. The zero-order valence-corrected chi connectivity index (χ0v) is 15.5. The van der Waals surface area contributed by atoms with Gasteiger partial charge in [0.25, 0.3) is 0 Å². The molecule has 142 valence electrons. The number of fused-ring (bicyclic) bond motifs is 1. The van der Waals surface area contributed by atoms with Crippen molar-refractivity contribution in [3.63, 3.8) is 0 Å². The average molecular weight is 369 g/mol. The molecule has 0 unspecified atom stereocenters. The molecule has 0 radical (unpaired) electrons. The fraction of sp³-hybridized carbons (Fsp3) is 0.476. The van der Waals surface area contributed by atoms with Crippen molar-refractivity contribution in [1.82, 2.24) is 0 Å². The van der Waals surface area contributed by atoms with Gasteiger partial charge in [0.1, 0.15) is 17.6 Å². The maximum absolute atomic E-state index is 12.3. The van der Waals surface area contributed by atoms with Gasteiger partial charge in [-0.1, -0.05) is 44.2 Å². The van der Waals surface area contributed by atoms with Crippen LogP contribution in [0, 0.1) is 5.41 Å². The SMILES string of the molecule is CC1(C)CC(=O)CC(=NC2=C[C@@H]3O[C@@H](c4ccccc4)OC[C@@H]3OC2=O)C1. The van der Waals surface area contributed by atoms with Crippen molar-refractivity contribution in [3.8, 4) is 0 Å². The van der Waals surface area contributed by atoms with E-state index >= 15 is 0 Å². The van der Waals surface area contributed by atoms with Gasteiger partial charge in [-0.25, -0.2) is 9.79 Å². The van der Waals surface area contributed by atoms with Crippen LogP contribution in [0.2, 0.25) is 0 Å². The number of nitrogens with zero attached hydrogens (tertiary/aromatic N) is 1. The van der Waals surface area contributed by atoms with Gasteiger partial charge in [-0.2, -0.15) is 0 Å². The van der Waals surface area contributed by atoms with Crippen molar-refractivity contribution < 1.29 is 23.8 Å². The second kappa shape index (κ2) is 7.02. The lowest BCUT2D eigenvalue weighted by Gasteiger charge is -2.37. The second-order valence-corrected chi connectivity index (χ2v) is 8.08. The topological polar surface area (TPSA) is 74.2 Å². The summed E-state index contributed by atoms with van der Waals surface area (Å²) in [5.74, 6) is -0.343. The molecule has 3 atom stereocenters. The molecular weight excluding hydrogens is 346 g/mol. The standard InChI is InChI=1S/C21H23NO5/c1-21(2)10-14(8-15(23)11-21)22-16-9-17-18(26-19(16)24)12-25-20(27-17)13-6-4-3-5-7-13/h3-7,9,17-18,20H,8,10-12H2,1-2H3/t17-,18-,20-/m0/s1. The summed E-state index contributed by atoms with van der Waals surface area (Å²) >= 11 is 0. The van der Waals surface area contributed by atoms with Crippen molar-refractivity contribution in [2.45, 2.75) is 51.6 Å². The van der Waals surface area contributed by atoms with Crippen LogP contribution in [0.5, 0.6) is 0 Å². The first-order valence-corrected chi connectivity index (χ1v) is 9.23. The van der Waals surface area contributed by atoms with Crippen LogP contribution in [0.3, 0.4) is 0 Å². The van der Waals surface area contributed by atoms with Crippen LogP contribution in [-0.2, 0) is 23.8 Å². The molecule has 2 heterocycles. The summed E-state index contributed by atoms with van der Waals surface area (Å²) in [5.41, 5.74) is 1.72. The van der Waals surface area contributed by atoms with Gasteiger partial charge in [0.15, 0.2) is 12.4 Å². The molecule has 1 saturated heterocycles. The molecule has 1 aromatic rings. The van der Waals surface area contributed by atoms with E-state index in [1.54, 1.807) is 6.08 Å². The number of hydrogen-bond acceptors (Lipinski definition) is 6. The largest absolute Gasteiger partial charge is 0.452 e. The van der Waals surface area contributed by atoms with Gasteiger partial charge in [0.2, 0.25) is 0 Å². The number of Topliss-reactive ketones (excluding diaryl/α,β-unsaturated/α-hetero) is 1. The first-order chi connectivity index (χ1) is 12.9. The lowest BCUT2D eigenvalue weighted by Crippen LogP contribution is -2.45. The second-order valence-electron chi connectivity index (χ2n) is 8.08. The first kappa shape index (κ1) is 18.1. The lowest BCUT2D eigenvalue weighted by atomic mass is 9.76. The van der Waals surface area contributed by atoms with Gasteiger partial charge in [-0.3, -0.25) is 4.79 Å². The van der Waals surface area contributed by atoms with Gasteiger partial charge < -0.3 is 14.2 Å². The summed E-state index contributed by atoms with van der Waals surface area (Å²) in [6, 6.07) is 9.63. The zero-order valence-electron chi connectivity index (χ0n) is 15.5. The third-order valence-electron chi connectivity index (χ3n) is 4.96. The van der Waals surface area contributed by atoms with Crippen LogP contribution in [0.4, 0.5) is 0 Å². The maximum atomic E-state index is 12.3. The van der Waals surface area contributed by atoms with Crippen LogP contribution in [0.25, 0.3) is 0 Å². The molecule has 0 spiro atoms. The molecule has 3 aliphatic rings. The molecule has 4 rings (SSSR count). The molecule has 2 fully saturated rings. The van der Waals surface area contributed by atoms with Crippen LogP contribution in [-0.4, -0.2) is 36.3 Å². The van der Waals surface area contributed by atoms with E-state index in [0.29, 0.717) is 19.3 Å². The Morgan fingerprint density at radius 2 is 1.89 bits per heavy atom. The van der Waals surface area contributed by atoms with E-state index in [-0.39, 0.29) is 23.5 Å². The predicted octanol–water partition coefficient (Wildman–Crippen LogP) is 3.13. The van der Waals surface area contributed by atoms with Crippen molar-refractivity contribution >= 4 is 17.5 Å². The average Bonchev–Trinajstić information content (AvgIpc) is 2.61. The van der Waals surface area contributed by atoms with Crippen LogP contribution in [0.1, 0.15) is 45.0 Å². The molecule has 1 aliphatic carbocycles. The molecule has 0 amide bonds. The number of esters is 1. The molecule has 0 aromatic heterocycles. The van der Waals surface area contributed by atoms with Crippen molar-refractivity contribution in [2.75, 3.05) is 6.61 Å². The number of aliphatic imine (C=N–C) groups is 1. The number of ketones is 1. The van der Waals surface area contributed by atoms with E-state index in [1.165, 1.54) is 0 Å². The number of hydrogen-bond donors (Lipinski definition) is 0. The Kier molecular flexibility index (Phi) is 4.70. The minimum Gasteiger partial charge on any atom is -0.452 e. The quantitative estimate of drug-likeness (QED) is 0.749. The highest BCUT2D eigenvalue weighted by Gasteiger charge is 2.39. The summed E-state index contributed by atoms with van der Waals surface area (Å²) < 4.78 is 17.2. The number of carbonyl (C=O) groups is 2. The monoisotopic (exact) mass is 369 g/mol. The fourth-order valence-corrected chi connectivity index (χ4v) is 3.83. The number of ether oxygens (including phenoxy) is 3. The van der Waals surface area contributed by atoms with E-state index in [2.05, 4.69) is 4.99 Å². The highest BCUT2D eigenvalue weighted by atomic mass is 16.7. The van der Waals surface area contributed by atoms with Crippen molar-refractivity contribution in [3.05, 3.63) is 47.7 Å². The van der Waals surface area contributed by atoms with E-state index in [1.807, 2.05) is 44.2 Å². The Morgan fingerprint density at radius 1 is 1.11 bits per heavy atom. The van der Waals surface area contributed by atoms with Gasteiger partial charge in [0, 0.05) is 24.1 Å². The first-order valence-electron chi connectivity index (χ1n) is 9.23. The third-order valence-corrected chi connectivity index (χ3v) is 4.96. The van der Waals surface area contributed by atoms with Gasteiger partial charge in [-0.15, -0.1) is 0 Å². The number of benzene rings is 1. The summed E-state index contributed by atoms with van der Waals surface area (Å²) in [7, 11) is 0. The highest BCUT2D eigenvalue weighted by molar-refractivity contribution is 6.06. The fourth-order valence-electron chi connectivity index (χ4n) is 3.83. The normalized spacial score (nSPS) is 31.9. The van der Waals surface area contributed by atoms with Gasteiger partial charge in [0.05, 0.1) is 6.61 Å². The lowest BCUT2D eigenvalue weighted by molar-refractivity contribution is -0.252. The molecule has 2 aliphatic heterocycles. The van der Waals surface area contributed by atoms with E-state index in [9.17, 15) is 9.59 Å².